The van der Waals surface area contributed by atoms with Crippen molar-refractivity contribution in [2.45, 2.75) is 17.0 Å². The van der Waals surface area contributed by atoms with Crippen LogP contribution in [-0.2, 0) is 19.9 Å². The number of sulfonamides is 1. The van der Waals surface area contributed by atoms with E-state index in [1.807, 2.05) is 0 Å². The van der Waals surface area contributed by atoms with Crippen LogP contribution in [0.1, 0.15) is 0 Å². The van der Waals surface area contributed by atoms with E-state index in [4.69, 9.17) is 9.47 Å². The predicted molar refractivity (Wildman–Crippen MR) is 104 cm³/mol. The van der Waals surface area contributed by atoms with Crippen LogP contribution in [0.4, 0.5) is 5.69 Å². The van der Waals surface area contributed by atoms with Crippen molar-refractivity contribution in [3.63, 3.8) is 0 Å². The fourth-order valence-electron chi connectivity index (χ4n) is 3.21. The number of aliphatic hydroxyl groups is 1. The zero-order valence-electron chi connectivity index (χ0n) is 15.3. The van der Waals surface area contributed by atoms with E-state index >= 15 is 0 Å². The van der Waals surface area contributed by atoms with Gasteiger partial charge in [0.1, 0.15) is 16.4 Å². The Morgan fingerprint density at radius 1 is 1.04 bits per heavy atom. The quantitative estimate of drug-likeness (QED) is 0.734. The van der Waals surface area contributed by atoms with Gasteiger partial charge in [0, 0.05) is 6.07 Å². The van der Waals surface area contributed by atoms with Gasteiger partial charge in [-0.05, 0) is 24.3 Å². The molecule has 0 unspecified atom stereocenters. The lowest BCUT2D eigenvalue weighted by Gasteiger charge is -2.31. The summed E-state index contributed by atoms with van der Waals surface area (Å²) >= 11 is 0. The van der Waals surface area contributed by atoms with Crippen LogP contribution >= 0.6 is 0 Å². The lowest BCUT2D eigenvalue weighted by molar-refractivity contribution is 0.184. The molecule has 2 aromatic carbocycles. The monoisotopic (exact) mass is 427 g/mol. The van der Waals surface area contributed by atoms with Gasteiger partial charge in [0.2, 0.25) is 0 Å². The van der Waals surface area contributed by atoms with Crippen LogP contribution in [0.3, 0.4) is 0 Å². The second-order valence-corrected chi connectivity index (χ2v) is 10.3. The fraction of sp³-hybridized carbons (Fsp3) is 0.333. The molecule has 1 saturated heterocycles. The topological polar surface area (TPSA) is 110 Å². The minimum atomic E-state index is -4.26. The molecule has 10 heteroatoms. The fourth-order valence-corrected chi connectivity index (χ4v) is 6.90. The minimum Gasteiger partial charge on any atom is -0.497 e. The van der Waals surface area contributed by atoms with Gasteiger partial charge in [-0.3, -0.25) is 4.31 Å². The molecule has 0 saturated carbocycles. The predicted octanol–water partition coefficient (Wildman–Crippen LogP) is 1.06. The molecule has 2 aromatic rings. The van der Waals surface area contributed by atoms with Gasteiger partial charge in [-0.15, -0.1) is 0 Å². The third kappa shape index (κ3) is 3.80. The molecule has 1 aliphatic rings. The third-order valence-corrected chi connectivity index (χ3v) is 8.10. The number of methoxy groups -OCH3 is 2. The number of sulfone groups is 1. The van der Waals surface area contributed by atoms with E-state index in [2.05, 4.69) is 0 Å². The highest BCUT2D eigenvalue weighted by molar-refractivity contribution is 7.93. The number of rotatable bonds is 6. The van der Waals surface area contributed by atoms with Gasteiger partial charge in [-0.2, -0.15) is 0 Å². The van der Waals surface area contributed by atoms with E-state index in [1.54, 1.807) is 30.3 Å². The van der Waals surface area contributed by atoms with Gasteiger partial charge in [0.15, 0.2) is 9.84 Å². The number of hydrogen-bond acceptors (Lipinski definition) is 7. The summed E-state index contributed by atoms with van der Waals surface area (Å²) in [6.07, 6.45) is -1.34. The molecule has 0 bridgehead atoms. The maximum atomic E-state index is 13.6. The van der Waals surface area contributed by atoms with Gasteiger partial charge in [0.05, 0.1) is 43.6 Å². The number of nitrogens with zero attached hydrogens (tertiary/aromatic N) is 1. The zero-order valence-corrected chi connectivity index (χ0v) is 17.0. The molecule has 0 radical (unpaired) electrons. The Kier molecular flexibility index (Phi) is 5.55. The van der Waals surface area contributed by atoms with Gasteiger partial charge in [0.25, 0.3) is 10.0 Å². The highest BCUT2D eigenvalue weighted by Gasteiger charge is 2.45. The maximum absolute atomic E-state index is 13.6. The molecular weight excluding hydrogens is 406 g/mol. The molecule has 0 aromatic heterocycles. The molecule has 3 rings (SSSR count). The lowest BCUT2D eigenvalue weighted by atomic mass is 10.2. The molecule has 2 atom stereocenters. The van der Waals surface area contributed by atoms with Crippen molar-refractivity contribution in [3.05, 3.63) is 48.5 Å². The van der Waals surface area contributed by atoms with Gasteiger partial charge in [-0.25, -0.2) is 16.8 Å². The van der Waals surface area contributed by atoms with Crippen LogP contribution < -0.4 is 13.8 Å². The van der Waals surface area contributed by atoms with Crippen LogP contribution in [0.5, 0.6) is 11.5 Å². The first-order valence-electron chi connectivity index (χ1n) is 8.39. The lowest BCUT2D eigenvalue weighted by Crippen LogP contribution is -2.47. The maximum Gasteiger partial charge on any atom is 0.268 e. The standard InChI is InChI=1S/C18H21NO7S2/c1-25-14-8-9-18(17(10-14)26-2)28(23,24)19(13-6-4-3-5-7-13)15-11-27(21,22)12-16(15)20/h3-10,15-16,20H,11-12H2,1-2H3/t15-,16-/m1/s1. The van der Waals surface area contributed by atoms with Crippen LogP contribution in [0.15, 0.2) is 53.4 Å². The van der Waals surface area contributed by atoms with Crippen molar-refractivity contribution in [1.82, 2.24) is 0 Å². The summed E-state index contributed by atoms with van der Waals surface area (Å²) in [4.78, 5) is -0.156. The molecular formula is C18H21NO7S2. The van der Waals surface area contributed by atoms with E-state index in [0.29, 0.717) is 5.75 Å². The van der Waals surface area contributed by atoms with E-state index in [9.17, 15) is 21.9 Å². The summed E-state index contributed by atoms with van der Waals surface area (Å²) in [6.45, 7) is 0. The number of para-hydroxylation sites is 1. The smallest absolute Gasteiger partial charge is 0.268 e. The molecule has 1 aliphatic heterocycles. The highest BCUT2D eigenvalue weighted by Crippen LogP contribution is 2.36. The molecule has 1 heterocycles. The normalized spacial score (nSPS) is 21.2. The zero-order chi connectivity index (χ0) is 20.5. The Morgan fingerprint density at radius 3 is 2.25 bits per heavy atom. The minimum absolute atomic E-state index is 0.0515. The molecule has 0 amide bonds. The van der Waals surface area contributed by atoms with E-state index in [1.165, 1.54) is 32.4 Å². The van der Waals surface area contributed by atoms with Crippen LogP contribution in [-0.4, -0.2) is 59.8 Å². The summed E-state index contributed by atoms with van der Waals surface area (Å²) in [6, 6.07) is 11.2. The van der Waals surface area contributed by atoms with Crippen LogP contribution in [0.2, 0.25) is 0 Å². The second kappa shape index (κ2) is 7.61. The van der Waals surface area contributed by atoms with Crippen molar-refractivity contribution in [3.8, 4) is 11.5 Å². The number of benzene rings is 2. The van der Waals surface area contributed by atoms with Gasteiger partial charge in [-0.1, -0.05) is 18.2 Å². The molecule has 152 valence electrons. The number of ether oxygens (including phenoxy) is 2. The Balaban J connectivity index is 2.18. The molecule has 8 nitrogen and oxygen atoms in total. The number of aliphatic hydroxyl groups excluding tert-OH is 1. The van der Waals surface area contributed by atoms with Crippen LogP contribution in [0.25, 0.3) is 0 Å². The van der Waals surface area contributed by atoms with E-state index < -0.39 is 43.5 Å². The van der Waals surface area contributed by atoms with Crippen molar-refractivity contribution in [2.24, 2.45) is 0 Å². The summed E-state index contributed by atoms with van der Waals surface area (Å²) in [5.74, 6) is -0.502. The Bertz CT molecular complexity index is 1050. The van der Waals surface area contributed by atoms with Crippen molar-refractivity contribution in [1.29, 1.82) is 0 Å². The molecule has 0 aliphatic carbocycles. The SMILES string of the molecule is COc1ccc(S(=O)(=O)N(c2ccccc2)[C@@H]2CS(=O)(=O)C[C@H]2O)c(OC)c1. The van der Waals surface area contributed by atoms with E-state index in [0.717, 1.165) is 4.31 Å². The molecule has 1 fully saturated rings. The second-order valence-electron chi connectivity index (χ2n) is 6.36. The Labute approximate surface area is 164 Å². The van der Waals surface area contributed by atoms with Crippen molar-refractivity contribution in [2.75, 3.05) is 30.0 Å². The molecule has 1 N–H and O–H groups in total. The summed E-state index contributed by atoms with van der Waals surface area (Å²) in [5, 5.41) is 10.3. The number of anilines is 1. The summed E-state index contributed by atoms with van der Waals surface area (Å²) in [5.41, 5.74) is 0.251. The molecule has 28 heavy (non-hydrogen) atoms. The average molecular weight is 428 g/mol. The van der Waals surface area contributed by atoms with E-state index in [-0.39, 0.29) is 16.3 Å². The Hall–Kier alpha value is -2.30. The molecule has 0 spiro atoms. The summed E-state index contributed by atoms with van der Waals surface area (Å²) in [7, 11) is -5.06. The van der Waals surface area contributed by atoms with Crippen molar-refractivity contribution < 1.29 is 31.4 Å². The first-order valence-corrected chi connectivity index (χ1v) is 11.7. The largest absolute Gasteiger partial charge is 0.497 e. The van der Waals surface area contributed by atoms with Gasteiger partial charge >= 0.3 is 0 Å². The number of hydrogen-bond donors (Lipinski definition) is 1. The first-order chi connectivity index (χ1) is 13.2. The van der Waals surface area contributed by atoms with Gasteiger partial charge < -0.3 is 14.6 Å². The first kappa shape index (κ1) is 20.4. The van der Waals surface area contributed by atoms with Crippen LogP contribution in [0, 0.1) is 0 Å². The Morgan fingerprint density at radius 2 is 1.71 bits per heavy atom. The summed E-state index contributed by atoms with van der Waals surface area (Å²) < 4.78 is 62.5. The highest BCUT2D eigenvalue weighted by atomic mass is 32.2. The average Bonchev–Trinajstić information content (AvgIpc) is 2.93. The third-order valence-electron chi connectivity index (χ3n) is 4.51. The van der Waals surface area contributed by atoms with Crippen molar-refractivity contribution >= 4 is 25.5 Å².